The van der Waals surface area contributed by atoms with Gasteiger partial charge in [0.2, 0.25) is 11.0 Å². The molecule has 0 aliphatic heterocycles. The Morgan fingerprint density at radius 3 is 2.59 bits per heavy atom. The summed E-state index contributed by atoms with van der Waals surface area (Å²) in [6, 6.07) is 14.9. The van der Waals surface area contributed by atoms with Crippen molar-refractivity contribution >= 4 is 50.0 Å². The van der Waals surface area contributed by atoms with Crippen LogP contribution < -0.4 is 16.0 Å². The number of carbonyl (C=O) groups excluding carboxylic acids is 2. The minimum absolute atomic E-state index is 0.120. The Kier molecular flexibility index (Phi) is 7.92. The molecule has 0 aliphatic carbocycles. The quantitative estimate of drug-likeness (QED) is 0.410. The van der Waals surface area contributed by atoms with Crippen molar-refractivity contribution in [1.82, 2.24) is 15.5 Å². The van der Waals surface area contributed by atoms with Gasteiger partial charge < -0.3 is 10.6 Å². The molecule has 164 valence electrons. The van der Waals surface area contributed by atoms with E-state index in [4.69, 9.17) is 5.26 Å². The van der Waals surface area contributed by atoms with Crippen LogP contribution in [0.15, 0.2) is 53.0 Å². The van der Waals surface area contributed by atoms with Gasteiger partial charge in [-0.05, 0) is 36.2 Å². The van der Waals surface area contributed by atoms with Gasteiger partial charge in [0.05, 0.1) is 11.6 Å². The Morgan fingerprint density at radius 1 is 1.16 bits per heavy atom. The number of nitriles is 1. The Morgan fingerprint density at radius 2 is 1.91 bits per heavy atom. The summed E-state index contributed by atoms with van der Waals surface area (Å²) in [7, 11) is 0. The monoisotopic (exact) mass is 512 g/mol. The largest absolute Gasteiger partial charge is 0.326 e. The second-order valence-corrected chi connectivity index (χ2v) is 8.96. The van der Waals surface area contributed by atoms with Gasteiger partial charge in [-0.3, -0.25) is 10.1 Å². The number of halogens is 1. The zero-order valence-electron chi connectivity index (χ0n) is 17.4. The number of aromatic nitrogens is 2. The molecule has 1 heterocycles. The molecule has 0 aliphatic rings. The second-order valence-electron chi connectivity index (χ2n) is 7.06. The number of amides is 3. The highest BCUT2D eigenvalue weighted by molar-refractivity contribution is 9.10. The second kappa shape index (κ2) is 10.8. The minimum Gasteiger partial charge on any atom is -0.326 e. The molecule has 2 atom stereocenters. The van der Waals surface area contributed by atoms with E-state index in [1.165, 1.54) is 11.3 Å². The van der Waals surface area contributed by atoms with E-state index in [-0.39, 0.29) is 11.8 Å². The molecule has 3 N–H and O–H groups in total. The van der Waals surface area contributed by atoms with Crippen LogP contribution in [0.2, 0.25) is 0 Å². The summed E-state index contributed by atoms with van der Waals surface area (Å²) in [5, 5.41) is 26.4. The lowest BCUT2D eigenvalue weighted by atomic mass is 9.98. The zero-order valence-corrected chi connectivity index (χ0v) is 19.8. The Balaban J connectivity index is 1.67. The standard InChI is InChI=1S/C22H21BrN6O2S/c1-3-13(2)18(26-21(31)25-17-6-4-5-14(11-17)12-24)19(30)27-22-29-28-20(32-22)15-7-9-16(23)10-8-15/h4-11,13,18H,3H2,1-2H3,(H2,25,26,31)(H,27,29,30)/t13-,18-/m1/s1. The maximum absolute atomic E-state index is 12.9. The van der Waals surface area contributed by atoms with E-state index in [2.05, 4.69) is 42.1 Å². The third kappa shape index (κ3) is 6.12. The summed E-state index contributed by atoms with van der Waals surface area (Å²) in [5.41, 5.74) is 1.78. The lowest BCUT2D eigenvalue weighted by Crippen LogP contribution is -2.49. The van der Waals surface area contributed by atoms with E-state index in [0.29, 0.717) is 27.8 Å². The summed E-state index contributed by atoms with van der Waals surface area (Å²) in [6.45, 7) is 3.83. The number of hydrogen-bond acceptors (Lipinski definition) is 6. The van der Waals surface area contributed by atoms with Crippen LogP contribution in [0.5, 0.6) is 0 Å². The molecule has 3 rings (SSSR count). The van der Waals surface area contributed by atoms with Crippen LogP contribution in [0.4, 0.5) is 15.6 Å². The molecule has 0 saturated heterocycles. The van der Waals surface area contributed by atoms with Crippen molar-refractivity contribution in [2.24, 2.45) is 5.92 Å². The molecule has 0 saturated carbocycles. The summed E-state index contributed by atoms with van der Waals surface area (Å²) in [4.78, 5) is 25.4. The van der Waals surface area contributed by atoms with Crippen molar-refractivity contribution in [3.8, 4) is 16.6 Å². The van der Waals surface area contributed by atoms with Crippen LogP contribution in [0.25, 0.3) is 10.6 Å². The maximum atomic E-state index is 12.9. The summed E-state index contributed by atoms with van der Waals surface area (Å²) in [6.07, 6.45) is 0.683. The van der Waals surface area contributed by atoms with E-state index in [0.717, 1.165) is 10.0 Å². The number of benzene rings is 2. The molecule has 3 aromatic rings. The van der Waals surface area contributed by atoms with E-state index < -0.39 is 12.1 Å². The average Bonchev–Trinajstić information content (AvgIpc) is 3.25. The number of rotatable bonds is 7. The van der Waals surface area contributed by atoms with E-state index in [9.17, 15) is 9.59 Å². The fraction of sp³-hybridized carbons (Fsp3) is 0.227. The minimum atomic E-state index is -0.779. The van der Waals surface area contributed by atoms with Crippen molar-refractivity contribution in [2.45, 2.75) is 26.3 Å². The van der Waals surface area contributed by atoms with Crippen molar-refractivity contribution < 1.29 is 9.59 Å². The van der Waals surface area contributed by atoms with Gasteiger partial charge in [-0.2, -0.15) is 5.26 Å². The first-order valence-corrected chi connectivity index (χ1v) is 11.5. The topological polar surface area (TPSA) is 120 Å². The summed E-state index contributed by atoms with van der Waals surface area (Å²) in [5.74, 6) is -0.496. The fourth-order valence-electron chi connectivity index (χ4n) is 2.84. The highest BCUT2D eigenvalue weighted by Crippen LogP contribution is 2.27. The summed E-state index contributed by atoms with van der Waals surface area (Å²) >= 11 is 4.65. The van der Waals surface area contributed by atoms with Gasteiger partial charge in [-0.25, -0.2) is 4.79 Å². The predicted molar refractivity (Wildman–Crippen MR) is 128 cm³/mol. The normalized spacial score (nSPS) is 12.3. The SMILES string of the molecule is CC[C@@H](C)[C@@H](NC(=O)Nc1cccc(C#N)c1)C(=O)Nc1nnc(-c2ccc(Br)cc2)s1. The number of hydrogen-bond donors (Lipinski definition) is 3. The molecule has 0 bridgehead atoms. The zero-order chi connectivity index (χ0) is 23.1. The molecule has 32 heavy (non-hydrogen) atoms. The Hall–Kier alpha value is -3.29. The molecule has 10 heteroatoms. The average molecular weight is 513 g/mol. The fourth-order valence-corrected chi connectivity index (χ4v) is 3.86. The lowest BCUT2D eigenvalue weighted by Gasteiger charge is -2.23. The van der Waals surface area contributed by atoms with Gasteiger partial charge in [0.15, 0.2) is 0 Å². The van der Waals surface area contributed by atoms with Gasteiger partial charge >= 0.3 is 6.03 Å². The molecule has 1 aromatic heterocycles. The van der Waals surface area contributed by atoms with Crippen LogP contribution in [0.3, 0.4) is 0 Å². The number of nitrogens with zero attached hydrogens (tertiary/aromatic N) is 3. The number of anilines is 2. The Labute approximate surface area is 198 Å². The molecule has 8 nitrogen and oxygen atoms in total. The van der Waals surface area contributed by atoms with E-state index >= 15 is 0 Å². The molecule has 0 fully saturated rings. The van der Waals surface area contributed by atoms with Crippen LogP contribution in [-0.4, -0.2) is 28.2 Å². The van der Waals surface area contributed by atoms with Crippen molar-refractivity contribution in [1.29, 1.82) is 5.26 Å². The van der Waals surface area contributed by atoms with Crippen molar-refractivity contribution in [3.63, 3.8) is 0 Å². The predicted octanol–water partition coefficient (Wildman–Crippen LogP) is 5.01. The van der Waals surface area contributed by atoms with E-state index in [1.807, 2.05) is 44.2 Å². The molecule has 2 aromatic carbocycles. The van der Waals surface area contributed by atoms with Gasteiger partial charge in [-0.15, -0.1) is 10.2 Å². The number of carbonyl (C=O) groups is 2. The highest BCUT2D eigenvalue weighted by atomic mass is 79.9. The first kappa shape index (κ1) is 23.4. The van der Waals surface area contributed by atoms with Crippen LogP contribution in [0, 0.1) is 17.2 Å². The molecule has 0 radical (unpaired) electrons. The molecule has 0 unspecified atom stereocenters. The molecule has 3 amide bonds. The van der Waals surface area contributed by atoms with Crippen LogP contribution >= 0.6 is 27.3 Å². The van der Waals surface area contributed by atoms with Gasteiger partial charge in [0.1, 0.15) is 11.0 Å². The number of nitrogens with one attached hydrogen (secondary N) is 3. The van der Waals surface area contributed by atoms with Crippen LogP contribution in [-0.2, 0) is 4.79 Å². The first-order valence-electron chi connectivity index (χ1n) is 9.87. The summed E-state index contributed by atoms with van der Waals surface area (Å²) < 4.78 is 0.958. The molecule has 0 spiro atoms. The maximum Gasteiger partial charge on any atom is 0.319 e. The smallest absolute Gasteiger partial charge is 0.319 e. The molecular weight excluding hydrogens is 492 g/mol. The van der Waals surface area contributed by atoms with Crippen molar-refractivity contribution in [3.05, 3.63) is 58.6 Å². The first-order chi connectivity index (χ1) is 15.4. The van der Waals surface area contributed by atoms with Gasteiger partial charge in [0, 0.05) is 15.7 Å². The highest BCUT2D eigenvalue weighted by Gasteiger charge is 2.27. The number of urea groups is 1. The van der Waals surface area contributed by atoms with Crippen molar-refractivity contribution in [2.75, 3.05) is 10.6 Å². The van der Waals surface area contributed by atoms with Gasteiger partial charge in [0.25, 0.3) is 0 Å². The molecular formula is C22H21BrN6O2S. The van der Waals surface area contributed by atoms with Crippen LogP contribution in [0.1, 0.15) is 25.8 Å². The lowest BCUT2D eigenvalue weighted by molar-refractivity contribution is -0.119. The van der Waals surface area contributed by atoms with Gasteiger partial charge in [-0.1, -0.05) is 65.7 Å². The Bertz CT molecular complexity index is 1140. The van der Waals surface area contributed by atoms with E-state index in [1.54, 1.807) is 24.3 Å². The third-order valence-electron chi connectivity index (χ3n) is 4.78. The third-order valence-corrected chi connectivity index (χ3v) is 6.19.